The molecule has 0 heterocycles. The summed E-state index contributed by atoms with van der Waals surface area (Å²) in [6, 6.07) is 3.62. The van der Waals surface area contributed by atoms with Crippen LogP contribution in [0, 0.1) is 16.0 Å². The Morgan fingerprint density at radius 2 is 2.00 bits per heavy atom. The third kappa shape index (κ3) is 6.42. The highest BCUT2D eigenvalue weighted by Gasteiger charge is 2.26. The van der Waals surface area contributed by atoms with Gasteiger partial charge < -0.3 is 15.4 Å². The Labute approximate surface area is 173 Å². The number of rotatable bonds is 7. The first-order valence-electron chi connectivity index (χ1n) is 9.41. The molecule has 0 bridgehead atoms. The summed E-state index contributed by atoms with van der Waals surface area (Å²) in [7, 11) is 0. The molecule has 29 heavy (non-hydrogen) atoms. The molecule has 1 aromatic carbocycles. The summed E-state index contributed by atoms with van der Waals surface area (Å²) in [5.74, 6) is -1.49. The molecule has 0 spiro atoms. The van der Waals surface area contributed by atoms with Gasteiger partial charge in [-0.2, -0.15) is 0 Å². The van der Waals surface area contributed by atoms with E-state index in [1.807, 2.05) is 0 Å². The molecule has 1 fully saturated rings. The van der Waals surface area contributed by atoms with Crippen molar-refractivity contribution in [2.45, 2.75) is 51.7 Å². The van der Waals surface area contributed by atoms with Crippen molar-refractivity contribution in [3.8, 4) is 0 Å². The first-order valence-corrected chi connectivity index (χ1v) is 9.78. The van der Waals surface area contributed by atoms with E-state index in [1.165, 1.54) is 19.1 Å². The van der Waals surface area contributed by atoms with Crippen LogP contribution in [0.15, 0.2) is 18.2 Å². The highest BCUT2D eigenvalue weighted by atomic mass is 35.5. The van der Waals surface area contributed by atoms with E-state index in [1.54, 1.807) is 0 Å². The second kappa shape index (κ2) is 10.2. The zero-order valence-corrected chi connectivity index (χ0v) is 17.0. The summed E-state index contributed by atoms with van der Waals surface area (Å²) in [4.78, 5) is 46.4. The van der Waals surface area contributed by atoms with E-state index in [0.29, 0.717) is 5.92 Å². The maximum absolute atomic E-state index is 12.2. The van der Waals surface area contributed by atoms with Crippen LogP contribution in [0.1, 0.15) is 49.9 Å². The van der Waals surface area contributed by atoms with E-state index >= 15 is 0 Å². The van der Waals surface area contributed by atoms with Gasteiger partial charge in [0.15, 0.2) is 6.10 Å². The molecular formula is C19H24ClN3O6. The Kier molecular flexibility index (Phi) is 7.95. The van der Waals surface area contributed by atoms with Crippen molar-refractivity contribution in [3.05, 3.63) is 38.9 Å². The first-order chi connectivity index (χ1) is 13.7. The third-order valence-corrected chi connectivity index (χ3v) is 5.23. The van der Waals surface area contributed by atoms with Gasteiger partial charge in [-0.3, -0.25) is 24.5 Å². The van der Waals surface area contributed by atoms with Crippen molar-refractivity contribution >= 4 is 35.1 Å². The van der Waals surface area contributed by atoms with Crippen LogP contribution in [-0.4, -0.2) is 41.4 Å². The molecule has 0 aliphatic heterocycles. The van der Waals surface area contributed by atoms with Crippen molar-refractivity contribution in [1.82, 2.24) is 10.6 Å². The molecular weight excluding hydrogens is 402 g/mol. The summed E-state index contributed by atoms with van der Waals surface area (Å²) >= 11 is 5.70. The fraction of sp³-hybridized carbons (Fsp3) is 0.526. The summed E-state index contributed by atoms with van der Waals surface area (Å²) in [6.07, 6.45) is 3.16. The van der Waals surface area contributed by atoms with Gasteiger partial charge >= 0.3 is 5.97 Å². The summed E-state index contributed by atoms with van der Waals surface area (Å²) in [6.45, 7) is 3.06. The van der Waals surface area contributed by atoms with Gasteiger partial charge in [-0.1, -0.05) is 31.4 Å². The Balaban J connectivity index is 1.82. The van der Waals surface area contributed by atoms with Crippen LogP contribution < -0.4 is 10.6 Å². The van der Waals surface area contributed by atoms with Gasteiger partial charge in [0, 0.05) is 17.7 Å². The minimum absolute atomic E-state index is 0.0222. The third-order valence-electron chi connectivity index (χ3n) is 4.91. The molecule has 2 N–H and O–H groups in total. The molecule has 158 valence electrons. The topological polar surface area (TPSA) is 128 Å². The highest BCUT2D eigenvalue weighted by Crippen LogP contribution is 2.25. The maximum atomic E-state index is 12.2. The number of nitro groups is 1. The summed E-state index contributed by atoms with van der Waals surface area (Å²) < 4.78 is 5.06. The molecule has 0 saturated heterocycles. The van der Waals surface area contributed by atoms with Crippen LogP contribution in [0.25, 0.3) is 0 Å². The van der Waals surface area contributed by atoms with Crippen LogP contribution in [0.3, 0.4) is 0 Å². The number of hydrogen-bond donors (Lipinski definition) is 2. The summed E-state index contributed by atoms with van der Waals surface area (Å²) in [5, 5.41) is 16.0. The standard InChI is InChI=1S/C19H24ClN3O6/c1-11-5-3-4-6-15(11)22-18(25)12(2)29-17(24)10-21-19(26)13-7-8-14(20)16(9-13)23(27)28/h7-9,11-12,15H,3-6,10H2,1-2H3,(H,21,26)(H,22,25)/t11-,12+,15+/m1/s1. The van der Waals surface area contributed by atoms with Gasteiger partial charge in [-0.25, -0.2) is 0 Å². The fourth-order valence-electron chi connectivity index (χ4n) is 3.17. The smallest absolute Gasteiger partial charge is 0.326 e. The number of nitrogens with zero attached hydrogens (tertiary/aromatic N) is 1. The number of carbonyl (C=O) groups excluding carboxylic acids is 3. The molecule has 2 rings (SSSR count). The van der Waals surface area contributed by atoms with Crippen LogP contribution in [0.4, 0.5) is 5.69 Å². The minimum atomic E-state index is -0.995. The van der Waals surface area contributed by atoms with E-state index in [2.05, 4.69) is 17.6 Å². The van der Waals surface area contributed by atoms with E-state index in [-0.39, 0.29) is 22.5 Å². The Morgan fingerprint density at radius 1 is 1.31 bits per heavy atom. The van der Waals surface area contributed by atoms with Gasteiger partial charge in [-0.05, 0) is 37.8 Å². The molecule has 9 nitrogen and oxygen atoms in total. The van der Waals surface area contributed by atoms with E-state index < -0.39 is 35.1 Å². The van der Waals surface area contributed by atoms with E-state index in [4.69, 9.17) is 16.3 Å². The Hall–Kier alpha value is -2.68. The maximum Gasteiger partial charge on any atom is 0.326 e. The second-order valence-corrected chi connectivity index (χ2v) is 7.52. The SMILES string of the molecule is C[C@H](OC(=O)CNC(=O)c1ccc(Cl)c([N+](=O)[O-])c1)C(=O)N[C@H]1CCCC[C@H]1C. The quantitative estimate of drug-likeness (QED) is 0.392. The number of nitrogens with one attached hydrogen (secondary N) is 2. The predicted molar refractivity (Wildman–Crippen MR) is 106 cm³/mol. The zero-order valence-electron chi connectivity index (χ0n) is 16.3. The van der Waals surface area contributed by atoms with Crippen molar-refractivity contribution in [2.75, 3.05) is 6.54 Å². The number of nitro benzene ring substituents is 1. The number of halogens is 1. The number of amides is 2. The molecule has 3 atom stereocenters. The number of esters is 1. The molecule has 2 amide bonds. The van der Waals surface area contributed by atoms with Gasteiger partial charge in [0.1, 0.15) is 11.6 Å². The van der Waals surface area contributed by atoms with Crippen LogP contribution in [0.2, 0.25) is 5.02 Å². The van der Waals surface area contributed by atoms with Crippen molar-refractivity contribution < 1.29 is 24.0 Å². The van der Waals surface area contributed by atoms with Crippen LogP contribution in [-0.2, 0) is 14.3 Å². The molecule has 0 unspecified atom stereocenters. The van der Waals surface area contributed by atoms with Gasteiger partial charge in [0.05, 0.1) is 4.92 Å². The Bertz CT molecular complexity index is 800. The van der Waals surface area contributed by atoms with Crippen LogP contribution in [0.5, 0.6) is 0 Å². The first kappa shape index (κ1) is 22.6. The number of hydrogen-bond acceptors (Lipinski definition) is 6. The fourth-order valence-corrected chi connectivity index (χ4v) is 3.36. The lowest BCUT2D eigenvalue weighted by Gasteiger charge is -2.30. The largest absolute Gasteiger partial charge is 0.451 e. The summed E-state index contributed by atoms with van der Waals surface area (Å²) in [5.41, 5.74) is -0.435. The van der Waals surface area contributed by atoms with Gasteiger partial charge in [0.25, 0.3) is 17.5 Å². The molecule has 1 saturated carbocycles. The van der Waals surface area contributed by atoms with Gasteiger partial charge in [0.2, 0.25) is 0 Å². The average Bonchev–Trinajstić information content (AvgIpc) is 2.67. The molecule has 0 radical (unpaired) electrons. The number of ether oxygens (including phenoxy) is 1. The molecule has 0 aromatic heterocycles. The van der Waals surface area contributed by atoms with Gasteiger partial charge in [-0.15, -0.1) is 0 Å². The van der Waals surface area contributed by atoms with E-state index in [0.717, 1.165) is 31.7 Å². The second-order valence-electron chi connectivity index (χ2n) is 7.11. The lowest BCUT2D eigenvalue weighted by molar-refractivity contribution is -0.384. The zero-order chi connectivity index (χ0) is 21.6. The van der Waals surface area contributed by atoms with Crippen molar-refractivity contribution in [2.24, 2.45) is 5.92 Å². The Morgan fingerprint density at radius 3 is 2.66 bits per heavy atom. The number of carbonyl (C=O) groups is 3. The molecule has 1 aliphatic carbocycles. The lowest BCUT2D eigenvalue weighted by Crippen LogP contribution is -2.46. The van der Waals surface area contributed by atoms with Crippen LogP contribution >= 0.6 is 11.6 Å². The van der Waals surface area contributed by atoms with E-state index in [9.17, 15) is 24.5 Å². The highest BCUT2D eigenvalue weighted by molar-refractivity contribution is 6.32. The van der Waals surface area contributed by atoms with Crippen molar-refractivity contribution in [1.29, 1.82) is 0 Å². The number of benzene rings is 1. The molecule has 1 aliphatic rings. The minimum Gasteiger partial charge on any atom is -0.451 e. The average molecular weight is 426 g/mol. The lowest BCUT2D eigenvalue weighted by atomic mass is 9.86. The monoisotopic (exact) mass is 425 g/mol. The molecule has 1 aromatic rings. The molecule has 10 heteroatoms. The van der Waals surface area contributed by atoms with Crippen molar-refractivity contribution in [3.63, 3.8) is 0 Å². The predicted octanol–water partition coefficient (Wildman–Crippen LogP) is 2.60. The normalized spacial score (nSPS) is 19.7.